The monoisotopic (exact) mass is 190 g/mol. The summed E-state index contributed by atoms with van der Waals surface area (Å²) in [7, 11) is 0. The van der Waals surface area contributed by atoms with Gasteiger partial charge in [0.25, 0.3) is 0 Å². The lowest BCUT2D eigenvalue weighted by Crippen LogP contribution is -2.29. The third-order valence-electron chi connectivity index (χ3n) is 1.54. The molecule has 1 aliphatic carbocycles. The highest BCUT2D eigenvalue weighted by atomic mass is 16.6. The molecule has 1 saturated carbocycles. The minimum Gasteiger partial charge on any atom is -0.465 e. The number of ether oxygens (including phenoxy) is 2. The van der Waals surface area contributed by atoms with Gasteiger partial charge in [-0.2, -0.15) is 0 Å². The van der Waals surface area contributed by atoms with Crippen molar-refractivity contribution in [2.45, 2.75) is 26.6 Å². The molecule has 0 aromatic rings. The van der Waals surface area contributed by atoms with E-state index in [1.165, 1.54) is 13.8 Å². The van der Waals surface area contributed by atoms with E-state index in [-0.39, 0.29) is 13.2 Å². The first-order chi connectivity index (χ1) is 7.71. The van der Waals surface area contributed by atoms with Gasteiger partial charge in [0.1, 0.15) is 0 Å². The Morgan fingerprint density at radius 3 is 1.85 bits per heavy atom. The summed E-state index contributed by atoms with van der Waals surface area (Å²) in [6.45, 7) is 2.85. The zero-order valence-electron chi connectivity index (χ0n) is 11.5. The molecule has 0 atom stereocenters. The van der Waals surface area contributed by atoms with E-state index in [2.05, 4.69) is 9.47 Å². The highest BCUT2D eigenvalue weighted by Gasteiger charge is 2.59. The second kappa shape index (κ2) is 3.77. The summed E-state index contributed by atoms with van der Waals surface area (Å²) in [6, 6.07) is 0. The molecule has 0 bridgehead atoms. The third-order valence-corrected chi connectivity index (χ3v) is 1.54. The molecule has 0 aromatic heterocycles. The van der Waals surface area contributed by atoms with Crippen LogP contribution in [0.1, 0.15) is 32.1 Å². The topological polar surface area (TPSA) is 52.6 Å². The molecule has 0 heterocycles. The summed E-state index contributed by atoms with van der Waals surface area (Å²) in [5, 5.41) is 0. The van der Waals surface area contributed by atoms with Crippen LogP contribution in [0.3, 0.4) is 0 Å². The number of esters is 2. The van der Waals surface area contributed by atoms with Gasteiger partial charge in [0.15, 0.2) is 5.41 Å². The van der Waals surface area contributed by atoms with Crippen molar-refractivity contribution in [2.24, 2.45) is 5.41 Å². The molecule has 0 spiro atoms. The second-order valence-corrected chi connectivity index (χ2v) is 2.44. The largest absolute Gasteiger partial charge is 0.465 e. The summed E-state index contributed by atoms with van der Waals surface area (Å²) in [5.74, 6) is -2.43. The van der Waals surface area contributed by atoms with E-state index in [1.54, 1.807) is 0 Å². The van der Waals surface area contributed by atoms with Crippen LogP contribution in [0.2, 0.25) is 0 Å². The van der Waals surface area contributed by atoms with Crippen LogP contribution in [0.15, 0.2) is 0 Å². The van der Waals surface area contributed by atoms with Gasteiger partial charge in [0.2, 0.25) is 0 Å². The molecule has 0 N–H and O–H groups in total. The minimum atomic E-state index is -2.61. The molecule has 0 aliphatic heterocycles. The van der Waals surface area contributed by atoms with Crippen molar-refractivity contribution in [3.05, 3.63) is 0 Å². The third kappa shape index (κ3) is 1.82. The maximum atomic E-state index is 11.7. The Bertz CT molecular complexity index is 319. The van der Waals surface area contributed by atoms with E-state index < -0.39 is 30.1 Å². The second-order valence-electron chi connectivity index (χ2n) is 2.44. The Labute approximate surface area is 82.8 Å². The van der Waals surface area contributed by atoms with Crippen LogP contribution in [0.25, 0.3) is 0 Å². The summed E-state index contributed by atoms with van der Waals surface area (Å²) in [5.41, 5.74) is -2.49. The maximum Gasteiger partial charge on any atom is 0.323 e. The van der Waals surface area contributed by atoms with Gasteiger partial charge in [0.05, 0.1) is 13.2 Å². The number of hydrogen-bond acceptors (Lipinski definition) is 4. The number of rotatable bonds is 4. The number of hydrogen-bond donors (Lipinski definition) is 0. The quantitative estimate of drug-likeness (QED) is 0.488. The average Bonchev–Trinajstić information content (AvgIpc) is 2.54. The van der Waals surface area contributed by atoms with E-state index in [0.29, 0.717) is 0 Å². The predicted octanol–water partition coefficient (Wildman–Crippen LogP) is 0.893. The summed E-state index contributed by atoms with van der Waals surface area (Å²) < 4.78 is 39.0. The molecule has 4 heteroatoms. The lowest BCUT2D eigenvalue weighted by Gasteiger charge is -2.11. The van der Waals surface area contributed by atoms with Crippen molar-refractivity contribution >= 4 is 11.9 Å². The van der Waals surface area contributed by atoms with Crippen LogP contribution >= 0.6 is 0 Å². The van der Waals surface area contributed by atoms with Gasteiger partial charge >= 0.3 is 11.9 Å². The highest BCUT2D eigenvalue weighted by Crippen LogP contribution is 2.47. The molecular formula is C9H14O4. The molecule has 1 aliphatic rings. The molecule has 0 radical (unpaired) electrons. The first kappa shape index (κ1) is 5.62. The summed E-state index contributed by atoms with van der Waals surface area (Å²) in [6.07, 6.45) is -5.23. The van der Waals surface area contributed by atoms with Gasteiger partial charge in [-0.15, -0.1) is 0 Å². The molecule has 0 aromatic carbocycles. The maximum absolute atomic E-state index is 11.7. The van der Waals surface area contributed by atoms with E-state index in [4.69, 9.17) is 5.48 Å². The van der Waals surface area contributed by atoms with Crippen molar-refractivity contribution in [2.75, 3.05) is 13.2 Å². The van der Waals surface area contributed by atoms with Crippen LogP contribution in [-0.4, -0.2) is 25.2 Å². The van der Waals surface area contributed by atoms with E-state index in [1.807, 2.05) is 0 Å². The smallest absolute Gasteiger partial charge is 0.323 e. The lowest BCUT2D eigenvalue weighted by molar-refractivity contribution is -0.164. The standard InChI is InChI=1S/C9H14O4/c1-3-12-7(10)9(5-6-9)8(11)13-4-2/h3-6H2,1-2H3/i5D2,6D2. The predicted molar refractivity (Wildman–Crippen MR) is 44.9 cm³/mol. The van der Waals surface area contributed by atoms with Crippen LogP contribution in [-0.2, 0) is 19.1 Å². The normalized spacial score (nSPS) is 30.0. The van der Waals surface area contributed by atoms with Gasteiger partial charge in [-0.1, -0.05) is 0 Å². The Kier molecular flexibility index (Phi) is 1.63. The van der Waals surface area contributed by atoms with Crippen molar-refractivity contribution in [3.63, 3.8) is 0 Å². The molecule has 1 rings (SSSR count). The molecule has 4 nitrogen and oxygen atoms in total. The molecule has 13 heavy (non-hydrogen) atoms. The van der Waals surface area contributed by atoms with Crippen LogP contribution in [0.5, 0.6) is 0 Å². The van der Waals surface area contributed by atoms with Crippen LogP contribution < -0.4 is 0 Å². The fraction of sp³-hybridized carbons (Fsp3) is 0.778. The van der Waals surface area contributed by atoms with Crippen molar-refractivity contribution in [1.29, 1.82) is 0 Å². The molecule has 74 valence electrons. The van der Waals surface area contributed by atoms with E-state index in [9.17, 15) is 9.59 Å². The van der Waals surface area contributed by atoms with Crippen molar-refractivity contribution in [3.8, 4) is 0 Å². The average molecular weight is 190 g/mol. The van der Waals surface area contributed by atoms with Gasteiger partial charge in [-0.3, -0.25) is 9.59 Å². The van der Waals surface area contributed by atoms with Gasteiger partial charge < -0.3 is 9.47 Å². The SMILES string of the molecule is [2H]C1([2H])C([2H])([2H])C1(C(=O)OCC)C(=O)OCC. The summed E-state index contributed by atoms with van der Waals surface area (Å²) in [4.78, 5) is 23.3. The zero-order chi connectivity index (χ0) is 13.5. The molecule has 0 amide bonds. The number of carbonyl (C=O) groups excluding carboxylic acids is 2. The molecule has 1 fully saturated rings. The minimum absolute atomic E-state index is 0.0633. The summed E-state index contributed by atoms with van der Waals surface area (Å²) >= 11 is 0. The Hall–Kier alpha value is -1.06. The van der Waals surface area contributed by atoms with E-state index >= 15 is 0 Å². The fourth-order valence-electron chi connectivity index (χ4n) is 0.829. The van der Waals surface area contributed by atoms with Gasteiger partial charge in [-0.05, 0) is 26.6 Å². The molecular weight excluding hydrogens is 172 g/mol. The first-order valence-corrected chi connectivity index (χ1v) is 4.06. The van der Waals surface area contributed by atoms with E-state index in [0.717, 1.165) is 0 Å². The highest BCUT2D eigenvalue weighted by molar-refractivity contribution is 6.03. The van der Waals surface area contributed by atoms with Crippen LogP contribution in [0, 0.1) is 5.41 Å². The fourth-order valence-corrected chi connectivity index (χ4v) is 0.829. The molecule has 0 unspecified atom stereocenters. The first-order valence-electron chi connectivity index (χ1n) is 6.06. The number of carbonyl (C=O) groups is 2. The van der Waals surface area contributed by atoms with Crippen molar-refractivity contribution in [1.82, 2.24) is 0 Å². The lowest BCUT2D eigenvalue weighted by atomic mass is 10.1. The van der Waals surface area contributed by atoms with Gasteiger partial charge in [-0.25, -0.2) is 0 Å². The molecule has 0 saturated heterocycles. The van der Waals surface area contributed by atoms with Gasteiger partial charge in [0, 0.05) is 5.48 Å². The Morgan fingerprint density at radius 1 is 1.23 bits per heavy atom. The Morgan fingerprint density at radius 2 is 1.62 bits per heavy atom. The van der Waals surface area contributed by atoms with Crippen molar-refractivity contribution < 1.29 is 24.5 Å². The Balaban J connectivity index is 3.15. The zero-order valence-corrected chi connectivity index (χ0v) is 7.55. The van der Waals surface area contributed by atoms with Crippen LogP contribution in [0.4, 0.5) is 0 Å².